The molecule has 0 radical (unpaired) electrons. The van der Waals surface area contributed by atoms with Gasteiger partial charge in [-0.3, -0.25) is 0 Å². The molecule has 0 saturated carbocycles. The van der Waals surface area contributed by atoms with Crippen LogP contribution in [-0.4, -0.2) is 9.97 Å². The van der Waals surface area contributed by atoms with E-state index in [1.807, 2.05) is 20.0 Å². The monoisotopic (exact) mass is 212 g/mol. The SMILES string of the molecule is CCCCc1ncc(C(C)Cl)c(C)n1. The Hall–Kier alpha value is -0.630. The summed E-state index contributed by atoms with van der Waals surface area (Å²) < 4.78 is 0. The third-order valence-corrected chi connectivity index (χ3v) is 2.48. The van der Waals surface area contributed by atoms with E-state index in [0.29, 0.717) is 0 Å². The molecule has 1 heterocycles. The van der Waals surface area contributed by atoms with Crippen molar-refractivity contribution < 1.29 is 0 Å². The summed E-state index contributed by atoms with van der Waals surface area (Å²) in [5, 5.41) is -0.00442. The van der Waals surface area contributed by atoms with Crippen molar-refractivity contribution in [3.05, 3.63) is 23.3 Å². The molecule has 0 aliphatic carbocycles. The molecule has 1 rings (SSSR count). The average molecular weight is 213 g/mol. The molecule has 0 saturated heterocycles. The predicted molar refractivity (Wildman–Crippen MR) is 59.6 cm³/mol. The Morgan fingerprint density at radius 3 is 2.71 bits per heavy atom. The van der Waals surface area contributed by atoms with Crippen LogP contribution >= 0.6 is 11.6 Å². The Bertz CT molecular complexity index is 297. The summed E-state index contributed by atoms with van der Waals surface area (Å²) >= 11 is 5.99. The number of aryl methyl sites for hydroxylation is 2. The molecule has 1 aromatic rings. The molecule has 0 fully saturated rings. The van der Waals surface area contributed by atoms with Gasteiger partial charge in [-0.1, -0.05) is 13.3 Å². The topological polar surface area (TPSA) is 25.8 Å². The standard InChI is InChI=1S/C11H17ClN2/c1-4-5-6-11-13-7-10(8(2)12)9(3)14-11/h7-8H,4-6H2,1-3H3. The number of unbranched alkanes of at least 4 members (excludes halogenated alkanes) is 1. The normalized spacial score (nSPS) is 12.9. The summed E-state index contributed by atoms with van der Waals surface area (Å²) in [7, 11) is 0. The molecule has 14 heavy (non-hydrogen) atoms. The smallest absolute Gasteiger partial charge is 0.128 e. The van der Waals surface area contributed by atoms with E-state index in [4.69, 9.17) is 11.6 Å². The first kappa shape index (κ1) is 11.4. The highest BCUT2D eigenvalue weighted by molar-refractivity contribution is 6.20. The molecule has 1 atom stereocenters. The van der Waals surface area contributed by atoms with Gasteiger partial charge in [0.25, 0.3) is 0 Å². The molecular formula is C11H17ClN2. The van der Waals surface area contributed by atoms with Gasteiger partial charge in [-0.2, -0.15) is 0 Å². The first-order chi connectivity index (χ1) is 6.65. The first-order valence-electron chi connectivity index (χ1n) is 5.11. The van der Waals surface area contributed by atoms with Gasteiger partial charge in [0.15, 0.2) is 0 Å². The highest BCUT2D eigenvalue weighted by Crippen LogP contribution is 2.20. The number of rotatable bonds is 4. The molecule has 3 heteroatoms. The average Bonchev–Trinajstić information content (AvgIpc) is 2.14. The highest BCUT2D eigenvalue weighted by atomic mass is 35.5. The third kappa shape index (κ3) is 2.95. The number of aromatic nitrogens is 2. The number of hydrogen-bond acceptors (Lipinski definition) is 2. The van der Waals surface area contributed by atoms with E-state index in [1.54, 1.807) is 0 Å². The third-order valence-electron chi connectivity index (χ3n) is 2.25. The van der Waals surface area contributed by atoms with Gasteiger partial charge in [-0.25, -0.2) is 9.97 Å². The van der Waals surface area contributed by atoms with E-state index in [-0.39, 0.29) is 5.38 Å². The Morgan fingerprint density at radius 2 is 2.21 bits per heavy atom. The molecular weight excluding hydrogens is 196 g/mol. The molecule has 0 amide bonds. The molecule has 0 aliphatic heterocycles. The maximum atomic E-state index is 5.99. The van der Waals surface area contributed by atoms with Gasteiger partial charge in [0, 0.05) is 23.9 Å². The van der Waals surface area contributed by atoms with Crippen LogP contribution in [0.5, 0.6) is 0 Å². The van der Waals surface area contributed by atoms with Crippen LogP contribution in [0.3, 0.4) is 0 Å². The fraction of sp³-hybridized carbons (Fsp3) is 0.636. The van der Waals surface area contributed by atoms with E-state index in [1.165, 1.54) is 6.42 Å². The molecule has 0 aliphatic rings. The Balaban J connectivity index is 2.78. The number of halogens is 1. The van der Waals surface area contributed by atoms with Crippen LogP contribution in [0.15, 0.2) is 6.20 Å². The van der Waals surface area contributed by atoms with Gasteiger partial charge in [0.1, 0.15) is 5.82 Å². The predicted octanol–water partition coefficient (Wildman–Crippen LogP) is 3.43. The number of hydrogen-bond donors (Lipinski definition) is 0. The number of nitrogens with zero attached hydrogens (tertiary/aromatic N) is 2. The summed E-state index contributed by atoms with van der Waals surface area (Å²) in [5.41, 5.74) is 2.04. The van der Waals surface area contributed by atoms with Crippen LogP contribution < -0.4 is 0 Å². The van der Waals surface area contributed by atoms with Gasteiger partial charge >= 0.3 is 0 Å². The zero-order valence-electron chi connectivity index (χ0n) is 9.05. The van der Waals surface area contributed by atoms with Crippen molar-refractivity contribution in [2.45, 2.75) is 45.4 Å². The summed E-state index contributed by atoms with van der Waals surface area (Å²) in [5.74, 6) is 0.936. The van der Waals surface area contributed by atoms with Gasteiger partial charge in [-0.05, 0) is 20.3 Å². The van der Waals surface area contributed by atoms with Crippen molar-refractivity contribution in [2.75, 3.05) is 0 Å². The summed E-state index contributed by atoms with van der Waals surface area (Å²) in [6.45, 7) is 6.10. The second-order valence-corrected chi connectivity index (χ2v) is 4.20. The summed E-state index contributed by atoms with van der Waals surface area (Å²) in [6.07, 6.45) is 5.14. The fourth-order valence-electron chi connectivity index (χ4n) is 1.37. The van der Waals surface area contributed by atoms with Crippen molar-refractivity contribution >= 4 is 11.6 Å². The maximum absolute atomic E-state index is 5.99. The molecule has 1 aromatic heterocycles. The van der Waals surface area contributed by atoms with Gasteiger partial charge in [0.05, 0.1) is 5.38 Å². The molecule has 1 unspecified atom stereocenters. The second kappa shape index (κ2) is 5.30. The van der Waals surface area contributed by atoms with E-state index >= 15 is 0 Å². The lowest BCUT2D eigenvalue weighted by molar-refractivity contribution is 0.742. The highest BCUT2D eigenvalue weighted by Gasteiger charge is 2.07. The van der Waals surface area contributed by atoms with E-state index < -0.39 is 0 Å². The molecule has 0 spiro atoms. The van der Waals surface area contributed by atoms with Crippen LogP contribution in [0.25, 0.3) is 0 Å². The van der Waals surface area contributed by atoms with E-state index in [2.05, 4.69) is 16.9 Å². The van der Waals surface area contributed by atoms with Crippen LogP contribution in [0.4, 0.5) is 0 Å². The molecule has 78 valence electrons. The van der Waals surface area contributed by atoms with Crippen LogP contribution in [-0.2, 0) is 6.42 Å². The van der Waals surface area contributed by atoms with Crippen molar-refractivity contribution in [3.63, 3.8) is 0 Å². The Kier molecular flexibility index (Phi) is 4.33. The number of alkyl halides is 1. The first-order valence-corrected chi connectivity index (χ1v) is 5.55. The minimum atomic E-state index is -0.00442. The zero-order chi connectivity index (χ0) is 10.6. The van der Waals surface area contributed by atoms with Crippen molar-refractivity contribution in [1.29, 1.82) is 0 Å². The lowest BCUT2D eigenvalue weighted by Gasteiger charge is -2.07. The molecule has 0 bridgehead atoms. The quantitative estimate of drug-likeness (QED) is 0.715. The minimum Gasteiger partial charge on any atom is -0.241 e. The second-order valence-electron chi connectivity index (χ2n) is 3.55. The Morgan fingerprint density at radius 1 is 1.50 bits per heavy atom. The van der Waals surface area contributed by atoms with Crippen molar-refractivity contribution in [1.82, 2.24) is 9.97 Å². The van der Waals surface area contributed by atoms with Crippen molar-refractivity contribution in [2.24, 2.45) is 0 Å². The van der Waals surface area contributed by atoms with Crippen LogP contribution in [0.2, 0.25) is 0 Å². The summed E-state index contributed by atoms with van der Waals surface area (Å²) in [6, 6.07) is 0. The van der Waals surface area contributed by atoms with E-state index in [0.717, 1.165) is 29.9 Å². The van der Waals surface area contributed by atoms with Crippen molar-refractivity contribution in [3.8, 4) is 0 Å². The van der Waals surface area contributed by atoms with Crippen LogP contribution in [0, 0.1) is 6.92 Å². The maximum Gasteiger partial charge on any atom is 0.128 e. The lowest BCUT2D eigenvalue weighted by Crippen LogP contribution is -2.01. The lowest BCUT2D eigenvalue weighted by atomic mass is 10.2. The summed E-state index contributed by atoms with van der Waals surface area (Å²) in [4.78, 5) is 8.74. The molecule has 0 aromatic carbocycles. The van der Waals surface area contributed by atoms with Gasteiger partial charge in [0.2, 0.25) is 0 Å². The largest absolute Gasteiger partial charge is 0.241 e. The molecule has 2 nitrogen and oxygen atoms in total. The van der Waals surface area contributed by atoms with Gasteiger partial charge < -0.3 is 0 Å². The minimum absolute atomic E-state index is 0.00442. The van der Waals surface area contributed by atoms with E-state index in [9.17, 15) is 0 Å². The Labute approximate surface area is 90.7 Å². The molecule has 0 N–H and O–H groups in total. The van der Waals surface area contributed by atoms with Crippen LogP contribution in [0.1, 0.15) is 49.1 Å². The van der Waals surface area contributed by atoms with Gasteiger partial charge in [-0.15, -0.1) is 11.6 Å². The fourth-order valence-corrected chi connectivity index (χ4v) is 1.58. The zero-order valence-corrected chi connectivity index (χ0v) is 9.80.